The lowest BCUT2D eigenvalue weighted by Gasteiger charge is -2.12. The Hall–Kier alpha value is -1.36. The molecule has 0 fully saturated rings. The Morgan fingerprint density at radius 3 is 2.75 bits per heavy atom. The highest BCUT2D eigenvalue weighted by Crippen LogP contribution is 2.18. The number of rotatable bonds is 5. The Bertz CT molecular complexity index is 661. The Morgan fingerprint density at radius 2 is 2.05 bits per heavy atom. The molecule has 3 rings (SSSR count). The Kier molecular flexibility index (Phi) is 4.05. The summed E-state index contributed by atoms with van der Waals surface area (Å²) < 4.78 is 2.02. The second-order valence-corrected chi connectivity index (χ2v) is 6.22. The zero-order valence-electron chi connectivity index (χ0n) is 10.9. The molecule has 104 valence electrons. The molecule has 0 aliphatic rings. The summed E-state index contributed by atoms with van der Waals surface area (Å²) in [6, 6.07) is 7.79. The van der Waals surface area contributed by atoms with E-state index in [1.165, 1.54) is 5.56 Å². The molecule has 0 aliphatic heterocycles. The van der Waals surface area contributed by atoms with Gasteiger partial charge in [-0.2, -0.15) is 0 Å². The highest BCUT2D eigenvalue weighted by molar-refractivity contribution is 7.15. The van der Waals surface area contributed by atoms with E-state index in [9.17, 15) is 5.11 Å². The quantitative estimate of drug-likeness (QED) is 0.784. The van der Waals surface area contributed by atoms with E-state index in [2.05, 4.69) is 4.98 Å². The molecule has 20 heavy (non-hydrogen) atoms. The van der Waals surface area contributed by atoms with Gasteiger partial charge in [-0.3, -0.25) is 4.40 Å². The summed E-state index contributed by atoms with van der Waals surface area (Å²) in [5.74, 6) is 0.181. The Labute approximate surface area is 126 Å². The largest absolute Gasteiger partial charge is 0.396 e. The van der Waals surface area contributed by atoms with Crippen LogP contribution in [0.5, 0.6) is 0 Å². The number of benzene rings is 1. The monoisotopic (exact) mass is 306 g/mol. The minimum absolute atomic E-state index is 0.161. The molecular formula is C15H15ClN2OS. The number of aliphatic hydroxyl groups is 1. The van der Waals surface area contributed by atoms with Crippen LogP contribution in [0.15, 0.2) is 42.0 Å². The van der Waals surface area contributed by atoms with E-state index < -0.39 is 0 Å². The highest BCUT2D eigenvalue weighted by atomic mass is 35.5. The summed E-state index contributed by atoms with van der Waals surface area (Å²) in [5.41, 5.74) is 2.22. The van der Waals surface area contributed by atoms with Crippen molar-refractivity contribution in [3.63, 3.8) is 0 Å². The van der Waals surface area contributed by atoms with Crippen molar-refractivity contribution in [3.8, 4) is 0 Å². The molecule has 1 atom stereocenters. The minimum atomic E-state index is 0.161. The summed E-state index contributed by atoms with van der Waals surface area (Å²) >= 11 is 7.51. The summed E-state index contributed by atoms with van der Waals surface area (Å²) in [6.45, 7) is 0.161. The van der Waals surface area contributed by atoms with Crippen molar-refractivity contribution < 1.29 is 5.11 Å². The van der Waals surface area contributed by atoms with E-state index in [1.54, 1.807) is 11.3 Å². The van der Waals surface area contributed by atoms with Crippen molar-refractivity contribution in [3.05, 3.63) is 58.3 Å². The standard InChI is InChI=1S/C15H15ClN2OS/c16-13-3-1-11(2-4-13)7-12(10-19)8-14-9-18-5-6-20-15(18)17-14/h1-6,9,12,19H,7-8,10H2. The van der Waals surface area contributed by atoms with Gasteiger partial charge in [-0.25, -0.2) is 4.98 Å². The van der Waals surface area contributed by atoms with Crippen LogP contribution >= 0.6 is 22.9 Å². The fraction of sp³-hybridized carbons (Fsp3) is 0.267. The third kappa shape index (κ3) is 3.03. The Morgan fingerprint density at radius 1 is 1.25 bits per heavy atom. The fourth-order valence-corrected chi connectivity index (χ4v) is 3.17. The number of imidazole rings is 1. The van der Waals surface area contributed by atoms with Gasteiger partial charge in [0.15, 0.2) is 4.96 Å². The van der Waals surface area contributed by atoms with Gasteiger partial charge in [0, 0.05) is 29.4 Å². The van der Waals surface area contributed by atoms with Crippen LogP contribution in [-0.2, 0) is 12.8 Å². The van der Waals surface area contributed by atoms with Crippen molar-refractivity contribution in [2.75, 3.05) is 6.61 Å². The van der Waals surface area contributed by atoms with E-state index in [1.807, 2.05) is 46.4 Å². The van der Waals surface area contributed by atoms with Gasteiger partial charge in [0.05, 0.1) is 5.69 Å². The van der Waals surface area contributed by atoms with Crippen LogP contribution in [0.25, 0.3) is 4.96 Å². The molecule has 5 heteroatoms. The van der Waals surface area contributed by atoms with Gasteiger partial charge in [-0.05, 0) is 36.5 Å². The first kappa shape index (κ1) is 13.6. The summed E-state index contributed by atoms with van der Waals surface area (Å²) in [6.07, 6.45) is 5.66. The summed E-state index contributed by atoms with van der Waals surface area (Å²) in [4.78, 5) is 5.57. The third-order valence-corrected chi connectivity index (χ3v) is 4.36. The lowest BCUT2D eigenvalue weighted by molar-refractivity contribution is 0.224. The van der Waals surface area contributed by atoms with Crippen molar-refractivity contribution in [2.24, 2.45) is 5.92 Å². The molecule has 0 saturated carbocycles. The average Bonchev–Trinajstić information content (AvgIpc) is 3.01. The smallest absolute Gasteiger partial charge is 0.193 e. The predicted molar refractivity (Wildman–Crippen MR) is 82.5 cm³/mol. The maximum Gasteiger partial charge on any atom is 0.193 e. The summed E-state index contributed by atoms with van der Waals surface area (Å²) in [5, 5.41) is 12.3. The molecule has 3 nitrogen and oxygen atoms in total. The van der Waals surface area contributed by atoms with Crippen molar-refractivity contribution >= 4 is 27.9 Å². The van der Waals surface area contributed by atoms with E-state index >= 15 is 0 Å². The van der Waals surface area contributed by atoms with Crippen molar-refractivity contribution in [2.45, 2.75) is 12.8 Å². The fourth-order valence-electron chi connectivity index (χ4n) is 2.33. The normalized spacial score (nSPS) is 12.9. The number of aromatic nitrogens is 2. The van der Waals surface area contributed by atoms with E-state index in [4.69, 9.17) is 11.6 Å². The van der Waals surface area contributed by atoms with E-state index in [0.717, 1.165) is 28.5 Å². The number of halogens is 1. The van der Waals surface area contributed by atoms with Gasteiger partial charge in [0.25, 0.3) is 0 Å². The molecule has 1 unspecified atom stereocenters. The predicted octanol–water partition coefficient (Wildman–Crippen LogP) is 3.44. The van der Waals surface area contributed by atoms with Gasteiger partial charge in [-0.1, -0.05) is 23.7 Å². The summed E-state index contributed by atoms with van der Waals surface area (Å²) in [7, 11) is 0. The Balaban J connectivity index is 1.70. The van der Waals surface area contributed by atoms with Crippen LogP contribution < -0.4 is 0 Å². The first-order chi connectivity index (χ1) is 9.74. The first-order valence-electron chi connectivity index (χ1n) is 6.51. The highest BCUT2D eigenvalue weighted by Gasteiger charge is 2.12. The van der Waals surface area contributed by atoms with Crippen molar-refractivity contribution in [1.29, 1.82) is 0 Å². The molecule has 1 N–H and O–H groups in total. The minimum Gasteiger partial charge on any atom is -0.396 e. The van der Waals surface area contributed by atoms with Crippen LogP contribution in [0.2, 0.25) is 5.02 Å². The van der Waals surface area contributed by atoms with Gasteiger partial charge >= 0.3 is 0 Å². The van der Waals surface area contributed by atoms with E-state index in [-0.39, 0.29) is 12.5 Å². The lowest BCUT2D eigenvalue weighted by Crippen LogP contribution is -2.13. The van der Waals surface area contributed by atoms with Crippen LogP contribution in [-0.4, -0.2) is 21.1 Å². The third-order valence-electron chi connectivity index (χ3n) is 3.34. The molecule has 0 radical (unpaired) electrons. The van der Waals surface area contributed by atoms with Crippen molar-refractivity contribution in [1.82, 2.24) is 9.38 Å². The molecule has 2 aromatic heterocycles. The average molecular weight is 307 g/mol. The van der Waals surface area contributed by atoms with Gasteiger partial charge < -0.3 is 5.11 Å². The van der Waals surface area contributed by atoms with E-state index in [0.29, 0.717) is 0 Å². The number of nitrogens with zero attached hydrogens (tertiary/aromatic N) is 2. The molecule has 0 saturated heterocycles. The number of aliphatic hydroxyl groups excluding tert-OH is 1. The lowest BCUT2D eigenvalue weighted by atomic mass is 9.96. The second-order valence-electron chi connectivity index (χ2n) is 4.91. The maximum absolute atomic E-state index is 9.57. The van der Waals surface area contributed by atoms with Gasteiger partial charge in [0.1, 0.15) is 0 Å². The zero-order valence-corrected chi connectivity index (χ0v) is 12.4. The van der Waals surface area contributed by atoms with Crippen LogP contribution in [0.3, 0.4) is 0 Å². The molecule has 0 bridgehead atoms. The van der Waals surface area contributed by atoms with Crippen LogP contribution in [0, 0.1) is 5.92 Å². The zero-order chi connectivity index (χ0) is 13.9. The molecule has 0 spiro atoms. The first-order valence-corrected chi connectivity index (χ1v) is 7.77. The number of hydrogen-bond donors (Lipinski definition) is 1. The maximum atomic E-state index is 9.57. The van der Waals surface area contributed by atoms with Gasteiger partial charge in [0.2, 0.25) is 0 Å². The van der Waals surface area contributed by atoms with Crippen LogP contribution in [0.1, 0.15) is 11.3 Å². The number of thiazole rings is 1. The molecule has 0 amide bonds. The van der Waals surface area contributed by atoms with Crippen LogP contribution in [0.4, 0.5) is 0 Å². The van der Waals surface area contributed by atoms with Gasteiger partial charge in [-0.15, -0.1) is 11.3 Å². The topological polar surface area (TPSA) is 37.5 Å². The molecule has 3 aromatic rings. The SMILES string of the molecule is OCC(Cc1ccc(Cl)cc1)Cc1cn2ccsc2n1. The molecule has 2 heterocycles. The molecular weight excluding hydrogens is 292 g/mol. The number of fused-ring (bicyclic) bond motifs is 1. The number of hydrogen-bond acceptors (Lipinski definition) is 3. The molecule has 1 aromatic carbocycles. The second kappa shape index (κ2) is 5.95. The molecule has 0 aliphatic carbocycles.